The van der Waals surface area contributed by atoms with E-state index in [0.29, 0.717) is 12.1 Å². The topological polar surface area (TPSA) is 33.1 Å². The maximum Gasteiger partial charge on any atom is 0.144 e. The van der Waals surface area contributed by atoms with Crippen LogP contribution >= 0.6 is 0 Å². The van der Waals surface area contributed by atoms with E-state index in [4.69, 9.17) is 5.11 Å². The molecule has 0 unspecified atom stereocenters. The normalized spacial score (nSPS) is 11.7. The first-order valence-corrected chi connectivity index (χ1v) is 4.25. The molecule has 13 heavy (non-hydrogen) atoms. The quantitative estimate of drug-likeness (QED) is 0.774. The van der Waals surface area contributed by atoms with Crippen molar-refractivity contribution < 1.29 is 9.50 Å². The summed E-state index contributed by atoms with van der Waals surface area (Å²) >= 11 is 0. The molecule has 0 aliphatic rings. The lowest BCUT2D eigenvalue weighted by atomic mass is 9.88. The monoisotopic (exact) mass is 183 g/mol. The Morgan fingerprint density at radius 2 is 2.23 bits per heavy atom. The van der Waals surface area contributed by atoms with Crippen LogP contribution in [0.25, 0.3) is 0 Å². The minimum atomic E-state index is -0.310. The first-order chi connectivity index (χ1) is 6.05. The number of aromatic nitrogens is 1. The van der Waals surface area contributed by atoms with Crippen molar-refractivity contribution in [1.29, 1.82) is 0 Å². The van der Waals surface area contributed by atoms with E-state index in [0.717, 1.165) is 0 Å². The van der Waals surface area contributed by atoms with Crippen molar-refractivity contribution >= 4 is 0 Å². The fourth-order valence-electron chi connectivity index (χ4n) is 1.06. The molecule has 0 spiro atoms. The Morgan fingerprint density at radius 1 is 1.54 bits per heavy atom. The molecule has 0 aliphatic heterocycles. The molecule has 0 amide bonds. The lowest BCUT2D eigenvalue weighted by molar-refractivity contribution is 0.157. The number of rotatable bonds is 3. The van der Waals surface area contributed by atoms with Gasteiger partial charge in [-0.25, -0.2) is 4.39 Å². The molecule has 1 aromatic rings. The van der Waals surface area contributed by atoms with Crippen molar-refractivity contribution in [2.75, 3.05) is 6.61 Å². The highest BCUT2D eigenvalue weighted by Crippen LogP contribution is 2.20. The Morgan fingerprint density at radius 3 is 2.77 bits per heavy atom. The van der Waals surface area contributed by atoms with E-state index in [9.17, 15) is 4.39 Å². The van der Waals surface area contributed by atoms with Crippen LogP contribution in [0.15, 0.2) is 18.3 Å². The Bertz CT molecular complexity index is 286. The van der Waals surface area contributed by atoms with E-state index in [1.165, 1.54) is 6.07 Å². The molecule has 1 aromatic heterocycles. The predicted molar refractivity (Wildman–Crippen MR) is 48.8 cm³/mol. The summed E-state index contributed by atoms with van der Waals surface area (Å²) in [5.74, 6) is -0.302. The van der Waals surface area contributed by atoms with Crippen molar-refractivity contribution in [3.05, 3.63) is 29.8 Å². The van der Waals surface area contributed by atoms with Gasteiger partial charge in [-0.2, -0.15) is 0 Å². The second-order valence-electron chi connectivity index (χ2n) is 3.93. The van der Waals surface area contributed by atoms with E-state index >= 15 is 0 Å². The van der Waals surface area contributed by atoms with Gasteiger partial charge in [0.2, 0.25) is 0 Å². The highest BCUT2D eigenvalue weighted by molar-refractivity contribution is 5.08. The van der Waals surface area contributed by atoms with E-state index in [1.54, 1.807) is 12.3 Å². The number of nitrogens with zero attached hydrogens (tertiary/aromatic N) is 1. The van der Waals surface area contributed by atoms with Crippen LogP contribution in [0.1, 0.15) is 19.5 Å². The third-order valence-electron chi connectivity index (χ3n) is 1.91. The van der Waals surface area contributed by atoms with Gasteiger partial charge in [0.05, 0.1) is 5.69 Å². The molecule has 0 bridgehead atoms. The summed E-state index contributed by atoms with van der Waals surface area (Å²) in [4.78, 5) is 3.93. The first-order valence-electron chi connectivity index (χ1n) is 4.25. The van der Waals surface area contributed by atoms with E-state index in [1.807, 2.05) is 13.8 Å². The molecule has 0 fully saturated rings. The maximum atomic E-state index is 13.1. The lowest BCUT2D eigenvalue weighted by Crippen LogP contribution is -2.21. The largest absolute Gasteiger partial charge is 0.396 e. The van der Waals surface area contributed by atoms with Gasteiger partial charge in [-0.05, 0) is 24.0 Å². The van der Waals surface area contributed by atoms with Crippen LogP contribution in [-0.4, -0.2) is 16.7 Å². The molecule has 0 aromatic carbocycles. The second-order valence-corrected chi connectivity index (χ2v) is 3.93. The van der Waals surface area contributed by atoms with Gasteiger partial charge >= 0.3 is 0 Å². The SMILES string of the molecule is CC(C)(CO)Cc1ncccc1F. The van der Waals surface area contributed by atoms with Gasteiger partial charge in [-0.15, -0.1) is 0 Å². The van der Waals surface area contributed by atoms with E-state index in [2.05, 4.69) is 4.98 Å². The molecule has 0 aliphatic carbocycles. The molecule has 1 N–H and O–H groups in total. The summed E-state index contributed by atoms with van der Waals surface area (Å²) < 4.78 is 13.1. The van der Waals surface area contributed by atoms with Gasteiger partial charge in [-0.1, -0.05) is 13.8 Å². The van der Waals surface area contributed by atoms with Crippen LogP contribution in [0, 0.1) is 11.2 Å². The fraction of sp³-hybridized carbons (Fsp3) is 0.500. The molecule has 1 heterocycles. The highest BCUT2D eigenvalue weighted by atomic mass is 19.1. The summed E-state index contributed by atoms with van der Waals surface area (Å²) in [5, 5.41) is 9.00. The standard InChI is InChI=1S/C10H14FNO/c1-10(2,7-13)6-9-8(11)4-3-5-12-9/h3-5,13H,6-7H2,1-2H3. The summed E-state index contributed by atoms with van der Waals surface area (Å²) in [7, 11) is 0. The Labute approximate surface area is 77.4 Å². The van der Waals surface area contributed by atoms with Crippen LogP contribution in [-0.2, 0) is 6.42 Å². The van der Waals surface area contributed by atoms with Crippen LogP contribution in [0.5, 0.6) is 0 Å². The molecule has 3 heteroatoms. The van der Waals surface area contributed by atoms with Crippen molar-refractivity contribution in [1.82, 2.24) is 4.98 Å². The molecule has 2 nitrogen and oxygen atoms in total. The second kappa shape index (κ2) is 3.83. The number of halogens is 1. The van der Waals surface area contributed by atoms with Crippen LogP contribution in [0.4, 0.5) is 4.39 Å². The minimum absolute atomic E-state index is 0.0308. The Balaban J connectivity index is 2.80. The first kappa shape index (κ1) is 10.1. The third-order valence-corrected chi connectivity index (χ3v) is 1.91. The zero-order valence-electron chi connectivity index (χ0n) is 7.92. The predicted octanol–water partition coefficient (Wildman–Crippen LogP) is 1.78. The Kier molecular flexibility index (Phi) is 2.98. The zero-order chi connectivity index (χ0) is 9.90. The minimum Gasteiger partial charge on any atom is -0.396 e. The number of hydrogen-bond acceptors (Lipinski definition) is 2. The average Bonchev–Trinajstić information content (AvgIpc) is 2.09. The van der Waals surface area contributed by atoms with Crippen molar-refractivity contribution in [2.45, 2.75) is 20.3 Å². The molecular weight excluding hydrogens is 169 g/mol. The molecule has 1 rings (SSSR count). The van der Waals surface area contributed by atoms with Crippen molar-refractivity contribution in [3.63, 3.8) is 0 Å². The maximum absolute atomic E-state index is 13.1. The van der Waals surface area contributed by atoms with E-state index < -0.39 is 0 Å². The zero-order valence-corrected chi connectivity index (χ0v) is 7.92. The van der Waals surface area contributed by atoms with Gasteiger partial charge in [0, 0.05) is 12.8 Å². The van der Waals surface area contributed by atoms with Crippen LogP contribution < -0.4 is 0 Å². The van der Waals surface area contributed by atoms with Gasteiger partial charge in [0.1, 0.15) is 5.82 Å². The summed E-state index contributed by atoms with van der Waals surface area (Å²) in [6.07, 6.45) is 2.02. The van der Waals surface area contributed by atoms with Gasteiger partial charge in [0.15, 0.2) is 0 Å². The average molecular weight is 183 g/mol. The van der Waals surface area contributed by atoms with Crippen molar-refractivity contribution in [3.8, 4) is 0 Å². The number of pyridine rings is 1. The van der Waals surface area contributed by atoms with Crippen molar-refractivity contribution in [2.24, 2.45) is 5.41 Å². The summed E-state index contributed by atoms with van der Waals surface area (Å²) in [6.45, 7) is 3.78. The number of aliphatic hydroxyl groups excluding tert-OH is 1. The van der Waals surface area contributed by atoms with Crippen LogP contribution in [0.2, 0.25) is 0 Å². The summed E-state index contributed by atoms with van der Waals surface area (Å²) in [5.41, 5.74) is 0.108. The van der Waals surface area contributed by atoms with Gasteiger partial charge in [-0.3, -0.25) is 4.98 Å². The third kappa shape index (κ3) is 2.77. The lowest BCUT2D eigenvalue weighted by Gasteiger charge is -2.20. The molecule has 0 saturated heterocycles. The van der Waals surface area contributed by atoms with Crippen LogP contribution in [0.3, 0.4) is 0 Å². The molecule has 0 radical (unpaired) electrons. The number of aliphatic hydroxyl groups is 1. The molecule has 72 valence electrons. The Hall–Kier alpha value is -0.960. The molecular formula is C10H14FNO. The smallest absolute Gasteiger partial charge is 0.144 e. The van der Waals surface area contributed by atoms with Gasteiger partial charge in [0.25, 0.3) is 0 Å². The van der Waals surface area contributed by atoms with Gasteiger partial charge < -0.3 is 5.11 Å². The highest BCUT2D eigenvalue weighted by Gasteiger charge is 2.19. The number of hydrogen-bond donors (Lipinski definition) is 1. The molecule has 0 atom stereocenters. The van der Waals surface area contributed by atoms with E-state index in [-0.39, 0.29) is 17.8 Å². The summed E-state index contributed by atoms with van der Waals surface area (Å²) in [6, 6.07) is 2.95. The molecule has 0 saturated carbocycles. The fourth-order valence-corrected chi connectivity index (χ4v) is 1.06.